The number of hydrogen-bond acceptors (Lipinski definition) is 6. The van der Waals surface area contributed by atoms with E-state index in [1.807, 2.05) is 13.8 Å². The van der Waals surface area contributed by atoms with Gasteiger partial charge < -0.3 is 15.4 Å². The summed E-state index contributed by atoms with van der Waals surface area (Å²) in [5.41, 5.74) is 1.44. The number of ether oxygens (including phenoxy) is 1. The van der Waals surface area contributed by atoms with E-state index in [2.05, 4.69) is 25.3 Å². The highest BCUT2D eigenvalue weighted by Crippen LogP contribution is 2.24. The summed E-state index contributed by atoms with van der Waals surface area (Å²) in [4.78, 5) is 32.8. The van der Waals surface area contributed by atoms with E-state index in [1.165, 1.54) is 25.3 Å². The van der Waals surface area contributed by atoms with Crippen LogP contribution in [0.2, 0.25) is 5.02 Å². The van der Waals surface area contributed by atoms with Crippen LogP contribution in [0, 0.1) is 6.92 Å². The fourth-order valence-electron chi connectivity index (χ4n) is 2.12. The molecule has 0 aliphatic heterocycles. The quantitative estimate of drug-likeness (QED) is 0.747. The summed E-state index contributed by atoms with van der Waals surface area (Å²) in [5, 5.41) is 6.12. The zero-order chi connectivity index (χ0) is 19.3. The molecule has 1 unspecified atom stereocenters. The van der Waals surface area contributed by atoms with Crippen molar-refractivity contribution in [3.8, 4) is 0 Å². The van der Waals surface area contributed by atoms with Gasteiger partial charge in [-0.1, -0.05) is 18.5 Å². The number of aryl methyl sites for hydroxylation is 1. The summed E-state index contributed by atoms with van der Waals surface area (Å²) in [6, 6.07) is 6.25. The van der Waals surface area contributed by atoms with E-state index in [9.17, 15) is 9.59 Å². The molecule has 26 heavy (non-hydrogen) atoms. The molecular weight excluding hydrogens is 356 g/mol. The Morgan fingerprint density at radius 3 is 2.65 bits per heavy atom. The van der Waals surface area contributed by atoms with Gasteiger partial charge >= 0.3 is 5.97 Å². The van der Waals surface area contributed by atoms with Gasteiger partial charge in [-0.2, -0.15) is 0 Å². The molecule has 0 fully saturated rings. The Morgan fingerprint density at radius 2 is 2.00 bits per heavy atom. The zero-order valence-electron chi connectivity index (χ0n) is 15.1. The second-order valence-electron chi connectivity index (χ2n) is 5.81. The van der Waals surface area contributed by atoms with Crippen LogP contribution < -0.4 is 10.6 Å². The van der Waals surface area contributed by atoms with Crippen LogP contribution in [-0.4, -0.2) is 35.0 Å². The number of aromatic nitrogens is 2. The van der Waals surface area contributed by atoms with Crippen LogP contribution in [-0.2, 0) is 4.74 Å². The van der Waals surface area contributed by atoms with Crippen LogP contribution >= 0.6 is 11.6 Å². The molecule has 0 saturated heterocycles. The summed E-state index contributed by atoms with van der Waals surface area (Å²) in [7, 11) is 1.28. The predicted molar refractivity (Wildman–Crippen MR) is 101 cm³/mol. The third-order valence-electron chi connectivity index (χ3n) is 3.71. The normalized spacial score (nSPS) is 11.6. The number of nitrogens with zero attached hydrogens (tertiary/aromatic N) is 2. The summed E-state index contributed by atoms with van der Waals surface area (Å²) in [5.74, 6) is -0.583. The van der Waals surface area contributed by atoms with Crippen LogP contribution in [0.3, 0.4) is 0 Å². The molecule has 8 heteroatoms. The Balaban J connectivity index is 2.26. The lowest BCUT2D eigenvalue weighted by molar-refractivity contribution is 0.0600. The third kappa shape index (κ3) is 4.92. The zero-order valence-corrected chi connectivity index (χ0v) is 15.8. The SMILES string of the molecule is CCC(C)Nc1nc(C)cc(C(=O)Nc2cc(C(=O)OC)ccc2Cl)n1. The monoisotopic (exact) mass is 376 g/mol. The lowest BCUT2D eigenvalue weighted by Crippen LogP contribution is -2.20. The summed E-state index contributed by atoms with van der Waals surface area (Å²) in [6.45, 7) is 5.83. The molecule has 138 valence electrons. The molecular formula is C18H21ClN4O3. The number of carbonyl (C=O) groups excluding carboxylic acids is 2. The van der Waals surface area contributed by atoms with Crippen LogP contribution in [0.5, 0.6) is 0 Å². The van der Waals surface area contributed by atoms with Crippen molar-refractivity contribution in [3.63, 3.8) is 0 Å². The van der Waals surface area contributed by atoms with E-state index < -0.39 is 11.9 Å². The fourth-order valence-corrected chi connectivity index (χ4v) is 2.29. The highest BCUT2D eigenvalue weighted by Gasteiger charge is 2.15. The number of carbonyl (C=O) groups is 2. The number of halogens is 1. The van der Waals surface area contributed by atoms with Gasteiger partial charge in [-0.15, -0.1) is 0 Å². The Kier molecular flexibility index (Phi) is 6.52. The first kappa shape index (κ1) is 19.7. The molecule has 0 spiro atoms. The molecule has 0 radical (unpaired) electrons. The minimum absolute atomic E-state index is 0.180. The van der Waals surface area contributed by atoms with Crippen LogP contribution in [0.4, 0.5) is 11.6 Å². The van der Waals surface area contributed by atoms with E-state index in [1.54, 1.807) is 13.0 Å². The van der Waals surface area contributed by atoms with Crippen molar-refractivity contribution < 1.29 is 14.3 Å². The minimum Gasteiger partial charge on any atom is -0.465 e. The topological polar surface area (TPSA) is 93.2 Å². The number of methoxy groups -OCH3 is 1. The van der Waals surface area contributed by atoms with Gasteiger partial charge in [0.15, 0.2) is 0 Å². The molecule has 1 aromatic heterocycles. The number of nitrogens with one attached hydrogen (secondary N) is 2. The average molecular weight is 377 g/mol. The molecule has 2 aromatic rings. The second-order valence-corrected chi connectivity index (χ2v) is 6.22. The molecule has 1 aromatic carbocycles. The smallest absolute Gasteiger partial charge is 0.337 e. The Morgan fingerprint density at radius 1 is 1.27 bits per heavy atom. The fraction of sp³-hybridized carbons (Fsp3) is 0.333. The van der Waals surface area contributed by atoms with E-state index in [0.717, 1.165) is 6.42 Å². The lowest BCUT2D eigenvalue weighted by atomic mass is 10.2. The summed E-state index contributed by atoms with van der Waals surface area (Å²) < 4.78 is 4.68. The molecule has 1 amide bonds. The molecule has 0 saturated carbocycles. The summed E-state index contributed by atoms with van der Waals surface area (Å²) >= 11 is 6.11. The van der Waals surface area contributed by atoms with E-state index in [0.29, 0.717) is 22.4 Å². The van der Waals surface area contributed by atoms with Crippen molar-refractivity contribution in [3.05, 3.63) is 46.2 Å². The maximum Gasteiger partial charge on any atom is 0.337 e. The van der Waals surface area contributed by atoms with Crippen molar-refractivity contribution in [1.29, 1.82) is 0 Å². The van der Waals surface area contributed by atoms with Gasteiger partial charge in [-0.05, 0) is 44.5 Å². The van der Waals surface area contributed by atoms with Crippen LogP contribution in [0.1, 0.15) is 46.8 Å². The van der Waals surface area contributed by atoms with E-state index >= 15 is 0 Å². The van der Waals surface area contributed by atoms with Gasteiger partial charge in [-0.3, -0.25) is 4.79 Å². The standard InChI is InChI=1S/C18H21ClN4O3/c1-5-10(2)20-18-21-11(3)8-15(23-18)16(24)22-14-9-12(17(25)26-4)6-7-13(14)19/h6-10H,5H2,1-4H3,(H,22,24)(H,20,21,23). The van der Waals surface area contributed by atoms with Gasteiger partial charge in [0.05, 0.1) is 23.4 Å². The molecule has 1 heterocycles. The highest BCUT2D eigenvalue weighted by atomic mass is 35.5. The number of hydrogen-bond donors (Lipinski definition) is 2. The number of anilines is 2. The molecule has 0 aliphatic carbocycles. The lowest BCUT2D eigenvalue weighted by Gasteiger charge is -2.13. The first-order valence-electron chi connectivity index (χ1n) is 8.15. The van der Waals surface area contributed by atoms with Gasteiger partial charge in [0, 0.05) is 11.7 Å². The van der Waals surface area contributed by atoms with Gasteiger partial charge in [0.1, 0.15) is 5.69 Å². The Hall–Kier alpha value is -2.67. The van der Waals surface area contributed by atoms with Gasteiger partial charge in [0.25, 0.3) is 5.91 Å². The van der Waals surface area contributed by atoms with Crippen molar-refractivity contribution >= 4 is 35.1 Å². The van der Waals surface area contributed by atoms with Gasteiger partial charge in [0.2, 0.25) is 5.95 Å². The molecule has 0 bridgehead atoms. The van der Waals surface area contributed by atoms with Crippen molar-refractivity contribution in [2.75, 3.05) is 17.7 Å². The van der Waals surface area contributed by atoms with Crippen LogP contribution in [0.25, 0.3) is 0 Å². The number of rotatable bonds is 6. The Labute approximate surface area is 157 Å². The van der Waals surface area contributed by atoms with Crippen molar-refractivity contribution in [1.82, 2.24) is 9.97 Å². The van der Waals surface area contributed by atoms with E-state index in [4.69, 9.17) is 11.6 Å². The Bertz CT molecular complexity index is 826. The first-order chi connectivity index (χ1) is 12.3. The molecule has 2 N–H and O–H groups in total. The average Bonchev–Trinajstić information content (AvgIpc) is 2.62. The second kappa shape index (κ2) is 8.62. The number of amides is 1. The maximum absolute atomic E-state index is 12.6. The molecule has 7 nitrogen and oxygen atoms in total. The minimum atomic E-state index is -0.518. The maximum atomic E-state index is 12.6. The van der Waals surface area contributed by atoms with Crippen molar-refractivity contribution in [2.45, 2.75) is 33.2 Å². The first-order valence-corrected chi connectivity index (χ1v) is 8.53. The van der Waals surface area contributed by atoms with Crippen LogP contribution in [0.15, 0.2) is 24.3 Å². The third-order valence-corrected chi connectivity index (χ3v) is 4.04. The van der Waals surface area contributed by atoms with E-state index in [-0.39, 0.29) is 17.3 Å². The summed E-state index contributed by atoms with van der Waals surface area (Å²) in [6.07, 6.45) is 0.898. The molecule has 1 atom stereocenters. The number of benzene rings is 1. The molecule has 2 rings (SSSR count). The highest BCUT2D eigenvalue weighted by molar-refractivity contribution is 6.34. The molecule has 0 aliphatic rings. The van der Waals surface area contributed by atoms with Crippen molar-refractivity contribution in [2.24, 2.45) is 0 Å². The predicted octanol–water partition coefficient (Wildman–Crippen LogP) is 3.69. The van der Waals surface area contributed by atoms with Gasteiger partial charge in [-0.25, -0.2) is 14.8 Å². The largest absolute Gasteiger partial charge is 0.465 e. The number of esters is 1.